The lowest BCUT2D eigenvalue weighted by atomic mass is 10.1. The number of carbonyl (C=O) groups excluding carboxylic acids is 1. The molecule has 3 heteroatoms. The molecular weight excluding hydrogens is 314 g/mol. The second-order valence-electron chi connectivity index (χ2n) is 5.23. The molecule has 1 aliphatic carbocycles. The lowest BCUT2D eigenvalue weighted by Crippen LogP contribution is -2.13. The average molecular weight is 330 g/mol. The van der Waals surface area contributed by atoms with Gasteiger partial charge in [0, 0.05) is 10.2 Å². The van der Waals surface area contributed by atoms with Crippen molar-refractivity contribution < 1.29 is 4.79 Å². The predicted molar refractivity (Wildman–Crippen MR) is 85.3 cm³/mol. The largest absolute Gasteiger partial charge is 0.322 e. The van der Waals surface area contributed by atoms with Crippen LogP contribution in [0.4, 0.5) is 5.69 Å². The number of fused-ring (bicyclic) bond motifs is 1. The number of aryl methyl sites for hydroxylation is 3. The summed E-state index contributed by atoms with van der Waals surface area (Å²) in [5.74, 6) is -0.0708. The second-order valence-corrected chi connectivity index (χ2v) is 6.02. The summed E-state index contributed by atoms with van der Waals surface area (Å²) in [4.78, 5) is 12.3. The molecule has 0 saturated carbocycles. The van der Waals surface area contributed by atoms with E-state index in [4.69, 9.17) is 0 Å². The first kappa shape index (κ1) is 13.4. The van der Waals surface area contributed by atoms with E-state index in [0.29, 0.717) is 5.56 Å². The lowest BCUT2D eigenvalue weighted by molar-refractivity contribution is 0.102. The number of hydrogen-bond donors (Lipinski definition) is 1. The minimum atomic E-state index is -0.0708. The first-order valence-electron chi connectivity index (χ1n) is 6.83. The molecule has 0 aliphatic heterocycles. The molecule has 3 rings (SSSR count). The minimum absolute atomic E-state index is 0.0708. The van der Waals surface area contributed by atoms with Crippen LogP contribution in [0.15, 0.2) is 40.9 Å². The Balaban J connectivity index is 1.84. The summed E-state index contributed by atoms with van der Waals surface area (Å²) in [7, 11) is 0. The van der Waals surface area contributed by atoms with Crippen LogP contribution in [0.1, 0.15) is 33.5 Å². The first-order chi connectivity index (χ1) is 9.65. The minimum Gasteiger partial charge on any atom is -0.322 e. The number of halogens is 1. The van der Waals surface area contributed by atoms with Gasteiger partial charge in [0.25, 0.3) is 5.91 Å². The fourth-order valence-corrected chi connectivity index (χ4v) is 3.12. The van der Waals surface area contributed by atoms with Crippen LogP contribution in [-0.4, -0.2) is 5.91 Å². The van der Waals surface area contributed by atoms with Crippen LogP contribution in [0.5, 0.6) is 0 Å². The molecule has 0 atom stereocenters. The van der Waals surface area contributed by atoms with E-state index in [1.54, 1.807) is 0 Å². The zero-order valence-electron chi connectivity index (χ0n) is 11.4. The molecule has 2 aromatic rings. The van der Waals surface area contributed by atoms with Gasteiger partial charge in [0.1, 0.15) is 0 Å². The van der Waals surface area contributed by atoms with E-state index in [-0.39, 0.29) is 5.91 Å². The zero-order valence-corrected chi connectivity index (χ0v) is 13.0. The SMILES string of the molecule is Cc1cccc(C(=O)Nc2ccc3c(c2)CCC3)c1Br. The quantitative estimate of drug-likeness (QED) is 0.863. The van der Waals surface area contributed by atoms with Crippen LogP contribution in [0.2, 0.25) is 0 Å². The maximum atomic E-state index is 12.3. The second kappa shape index (κ2) is 5.41. The Kier molecular flexibility index (Phi) is 3.62. The Labute approximate surface area is 127 Å². The van der Waals surface area contributed by atoms with E-state index in [1.165, 1.54) is 17.5 Å². The van der Waals surface area contributed by atoms with E-state index >= 15 is 0 Å². The zero-order chi connectivity index (χ0) is 14.1. The summed E-state index contributed by atoms with van der Waals surface area (Å²) in [5.41, 5.74) is 5.40. The highest BCUT2D eigenvalue weighted by Gasteiger charge is 2.14. The molecule has 0 fully saturated rings. The fourth-order valence-electron chi connectivity index (χ4n) is 2.67. The highest BCUT2D eigenvalue weighted by molar-refractivity contribution is 9.10. The smallest absolute Gasteiger partial charge is 0.256 e. The van der Waals surface area contributed by atoms with Crippen molar-refractivity contribution in [1.29, 1.82) is 0 Å². The van der Waals surface area contributed by atoms with E-state index in [2.05, 4.69) is 33.4 Å². The Morgan fingerprint density at radius 1 is 1.15 bits per heavy atom. The van der Waals surface area contributed by atoms with Crippen molar-refractivity contribution in [3.05, 3.63) is 63.1 Å². The number of benzene rings is 2. The number of amides is 1. The van der Waals surface area contributed by atoms with Crippen molar-refractivity contribution in [2.45, 2.75) is 26.2 Å². The van der Waals surface area contributed by atoms with Crippen molar-refractivity contribution >= 4 is 27.5 Å². The Bertz CT molecular complexity index is 679. The molecule has 0 heterocycles. The number of hydrogen-bond acceptors (Lipinski definition) is 1. The van der Waals surface area contributed by atoms with Crippen molar-refractivity contribution in [1.82, 2.24) is 0 Å². The summed E-state index contributed by atoms with van der Waals surface area (Å²) in [6.45, 7) is 1.98. The van der Waals surface area contributed by atoms with E-state index in [1.807, 2.05) is 31.2 Å². The summed E-state index contributed by atoms with van der Waals surface area (Å²) in [6, 6.07) is 11.9. The summed E-state index contributed by atoms with van der Waals surface area (Å²) >= 11 is 3.48. The molecule has 0 saturated heterocycles. The average Bonchev–Trinajstić information content (AvgIpc) is 2.89. The first-order valence-corrected chi connectivity index (χ1v) is 7.63. The molecule has 20 heavy (non-hydrogen) atoms. The van der Waals surface area contributed by atoms with Crippen LogP contribution in [-0.2, 0) is 12.8 Å². The number of carbonyl (C=O) groups is 1. The highest BCUT2D eigenvalue weighted by Crippen LogP contribution is 2.26. The molecule has 0 bridgehead atoms. The van der Waals surface area contributed by atoms with E-state index < -0.39 is 0 Å². The van der Waals surface area contributed by atoms with Gasteiger partial charge in [-0.2, -0.15) is 0 Å². The summed E-state index contributed by atoms with van der Waals surface area (Å²) in [5, 5.41) is 2.99. The molecule has 0 spiro atoms. The Morgan fingerprint density at radius 3 is 2.80 bits per heavy atom. The van der Waals surface area contributed by atoms with Gasteiger partial charge in [-0.05, 0) is 77.0 Å². The van der Waals surface area contributed by atoms with Crippen molar-refractivity contribution in [3.63, 3.8) is 0 Å². The molecular formula is C17H16BrNO. The predicted octanol–water partition coefficient (Wildman–Crippen LogP) is 4.50. The Morgan fingerprint density at radius 2 is 1.95 bits per heavy atom. The summed E-state index contributed by atoms with van der Waals surface area (Å²) < 4.78 is 0.860. The molecule has 1 amide bonds. The molecule has 2 aromatic carbocycles. The van der Waals surface area contributed by atoms with Gasteiger partial charge >= 0.3 is 0 Å². The third-order valence-corrected chi connectivity index (χ3v) is 4.85. The van der Waals surface area contributed by atoms with Gasteiger partial charge in [-0.15, -0.1) is 0 Å². The van der Waals surface area contributed by atoms with E-state index in [0.717, 1.165) is 28.6 Å². The molecule has 1 aliphatic rings. The van der Waals surface area contributed by atoms with Gasteiger partial charge in [-0.3, -0.25) is 4.79 Å². The van der Waals surface area contributed by atoms with Gasteiger partial charge in [0.15, 0.2) is 0 Å². The third kappa shape index (κ3) is 2.50. The van der Waals surface area contributed by atoms with E-state index in [9.17, 15) is 4.79 Å². The number of nitrogens with one attached hydrogen (secondary N) is 1. The topological polar surface area (TPSA) is 29.1 Å². The van der Waals surface area contributed by atoms with Crippen LogP contribution in [0, 0.1) is 6.92 Å². The molecule has 0 unspecified atom stereocenters. The third-order valence-electron chi connectivity index (χ3n) is 3.79. The van der Waals surface area contributed by atoms with Gasteiger partial charge < -0.3 is 5.32 Å². The van der Waals surface area contributed by atoms with Gasteiger partial charge in [-0.25, -0.2) is 0 Å². The lowest BCUT2D eigenvalue weighted by Gasteiger charge is -2.10. The van der Waals surface area contributed by atoms with Gasteiger partial charge in [0.2, 0.25) is 0 Å². The van der Waals surface area contributed by atoms with Gasteiger partial charge in [-0.1, -0.05) is 18.2 Å². The van der Waals surface area contributed by atoms with Crippen LogP contribution < -0.4 is 5.32 Å². The van der Waals surface area contributed by atoms with Crippen molar-refractivity contribution in [2.24, 2.45) is 0 Å². The molecule has 102 valence electrons. The molecule has 2 nitrogen and oxygen atoms in total. The maximum Gasteiger partial charge on any atom is 0.256 e. The van der Waals surface area contributed by atoms with Crippen LogP contribution in [0.3, 0.4) is 0 Å². The van der Waals surface area contributed by atoms with Crippen molar-refractivity contribution in [2.75, 3.05) is 5.32 Å². The standard InChI is InChI=1S/C17H16BrNO/c1-11-4-2-7-15(16(11)18)17(20)19-14-9-8-12-5-3-6-13(12)10-14/h2,4,7-10H,3,5-6H2,1H3,(H,19,20). The molecule has 0 aromatic heterocycles. The molecule has 0 radical (unpaired) electrons. The van der Waals surface area contributed by atoms with Crippen molar-refractivity contribution in [3.8, 4) is 0 Å². The highest BCUT2D eigenvalue weighted by atomic mass is 79.9. The maximum absolute atomic E-state index is 12.3. The van der Waals surface area contributed by atoms with Crippen LogP contribution >= 0.6 is 15.9 Å². The summed E-state index contributed by atoms with van der Waals surface area (Å²) in [6.07, 6.45) is 3.50. The monoisotopic (exact) mass is 329 g/mol. The number of anilines is 1. The normalized spacial score (nSPS) is 13.1. The molecule has 1 N–H and O–H groups in total. The number of rotatable bonds is 2. The van der Waals surface area contributed by atoms with Crippen LogP contribution in [0.25, 0.3) is 0 Å². The Hall–Kier alpha value is -1.61. The van der Waals surface area contributed by atoms with Gasteiger partial charge in [0.05, 0.1) is 5.56 Å². The fraction of sp³-hybridized carbons (Fsp3) is 0.235.